The highest BCUT2D eigenvalue weighted by molar-refractivity contribution is 7.92. The standard InChI is InChI=1S/C24H29N3O5S/c1-6-12-27-19-14-18(8-10-20(19)32-15-24(4,5)23(27)29)26-33(30,31)21-11-9-17(13-16(21)3)25-22(28)7-2/h6,8-11,13-14,26H,1,7,12,15H2,2-5H3,(H,25,28). The Labute approximate surface area is 194 Å². The van der Waals surface area contributed by atoms with Gasteiger partial charge in [0.05, 0.1) is 21.7 Å². The molecule has 9 heteroatoms. The molecule has 176 valence electrons. The number of fused-ring (bicyclic) bond motifs is 1. The van der Waals surface area contributed by atoms with Crippen molar-refractivity contribution in [1.82, 2.24) is 0 Å². The van der Waals surface area contributed by atoms with Crippen molar-refractivity contribution in [3.63, 3.8) is 0 Å². The number of amides is 2. The van der Waals surface area contributed by atoms with E-state index in [4.69, 9.17) is 4.74 Å². The molecule has 2 aromatic carbocycles. The van der Waals surface area contributed by atoms with E-state index in [1.807, 2.05) is 0 Å². The number of ether oxygens (including phenoxy) is 1. The van der Waals surface area contributed by atoms with Gasteiger partial charge in [0.25, 0.3) is 10.0 Å². The van der Waals surface area contributed by atoms with Crippen LogP contribution in [0.25, 0.3) is 0 Å². The highest BCUT2D eigenvalue weighted by Crippen LogP contribution is 2.38. The first-order valence-corrected chi connectivity index (χ1v) is 12.1. The number of aryl methyl sites for hydroxylation is 1. The van der Waals surface area contributed by atoms with Gasteiger partial charge in [0.15, 0.2) is 0 Å². The zero-order chi connectivity index (χ0) is 24.4. The lowest BCUT2D eigenvalue weighted by molar-refractivity contribution is -0.127. The Morgan fingerprint density at radius 1 is 1.21 bits per heavy atom. The number of benzene rings is 2. The quantitative estimate of drug-likeness (QED) is 0.592. The maximum Gasteiger partial charge on any atom is 0.262 e. The molecule has 2 N–H and O–H groups in total. The van der Waals surface area contributed by atoms with Crippen LogP contribution in [-0.4, -0.2) is 33.4 Å². The van der Waals surface area contributed by atoms with Crippen LogP contribution in [0.2, 0.25) is 0 Å². The van der Waals surface area contributed by atoms with E-state index in [0.29, 0.717) is 34.8 Å². The van der Waals surface area contributed by atoms with Crippen LogP contribution >= 0.6 is 0 Å². The van der Waals surface area contributed by atoms with Crippen molar-refractivity contribution in [3.8, 4) is 5.75 Å². The van der Waals surface area contributed by atoms with E-state index in [-0.39, 0.29) is 29.9 Å². The van der Waals surface area contributed by atoms with Crippen molar-refractivity contribution < 1.29 is 22.7 Å². The topological polar surface area (TPSA) is 105 Å². The predicted molar refractivity (Wildman–Crippen MR) is 129 cm³/mol. The molecule has 0 saturated carbocycles. The number of carbonyl (C=O) groups is 2. The van der Waals surface area contributed by atoms with Crippen molar-refractivity contribution in [1.29, 1.82) is 0 Å². The van der Waals surface area contributed by atoms with E-state index in [2.05, 4.69) is 16.6 Å². The van der Waals surface area contributed by atoms with E-state index in [9.17, 15) is 18.0 Å². The van der Waals surface area contributed by atoms with E-state index >= 15 is 0 Å². The Hall–Kier alpha value is -3.33. The minimum Gasteiger partial charge on any atom is -0.490 e. The Kier molecular flexibility index (Phi) is 6.83. The van der Waals surface area contributed by atoms with Gasteiger partial charge in [0.2, 0.25) is 11.8 Å². The summed E-state index contributed by atoms with van der Waals surface area (Å²) in [6.07, 6.45) is 1.94. The lowest BCUT2D eigenvalue weighted by atomic mass is 9.93. The number of nitrogens with one attached hydrogen (secondary N) is 2. The van der Waals surface area contributed by atoms with Crippen molar-refractivity contribution in [2.24, 2.45) is 5.41 Å². The van der Waals surface area contributed by atoms with Crippen LogP contribution in [0.5, 0.6) is 5.75 Å². The molecule has 3 rings (SSSR count). The average Bonchev–Trinajstić information content (AvgIpc) is 2.83. The number of hydrogen-bond donors (Lipinski definition) is 2. The average molecular weight is 472 g/mol. The molecule has 0 atom stereocenters. The molecule has 0 saturated heterocycles. The molecule has 0 aliphatic carbocycles. The maximum absolute atomic E-state index is 13.1. The van der Waals surface area contributed by atoms with E-state index in [1.54, 1.807) is 69.0 Å². The van der Waals surface area contributed by atoms with Crippen LogP contribution < -0.4 is 19.7 Å². The molecule has 0 radical (unpaired) electrons. The summed E-state index contributed by atoms with van der Waals surface area (Å²) in [5.41, 5.74) is 1.04. The van der Waals surface area contributed by atoms with Crippen LogP contribution in [0.4, 0.5) is 17.1 Å². The van der Waals surface area contributed by atoms with Crippen molar-refractivity contribution in [2.45, 2.75) is 39.0 Å². The third-order valence-corrected chi connectivity index (χ3v) is 6.84. The van der Waals surface area contributed by atoms with Gasteiger partial charge in [-0.3, -0.25) is 14.3 Å². The molecule has 1 aliphatic heterocycles. The number of hydrogen-bond acceptors (Lipinski definition) is 5. The van der Waals surface area contributed by atoms with E-state index in [1.165, 1.54) is 6.07 Å². The van der Waals surface area contributed by atoms with Crippen LogP contribution in [0.3, 0.4) is 0 Å². The number of rotatable bonds is 7. The van der Waals surface area contributed by atoms with E-state index in [0.717, 1.165) is 0 Å². The number of carbonyl (C=O) groups excluding carboxylic acids is 2. The smallest absolute Gasteiger partial charge is 0.262 e. The molecule has 8 nitrogen and oxygen atoms in total. The van der Waals surface area contributed by atoms with Gasteiger partial charge in [-0.25, -0.2) is 8.42 Å². The Morgan fingerprint density at radius 2 is 1.91 bits per heavy atom. The molecule has 33 heavy (non-hydrogen) atoms. The fourth-order valence-corrected chi connectivity index (χ4v) is 4.78. The normalized spacial score (nSPS) is 15.2. The van der Waals surface area contributed by atoms with Crippen molar-refractivity contribution in [2.75, 3.05) is 28.1 Å². The van der Waals surface area contributed by atoms with Crippen LogP contribution in [0, 0.1) is 12.3 Å². The fourth-order valence-electron chi connectivity index (χ4n) is 3.51. The Balaban J connectivity index is 1.93. The maximum atomic E-state index is 13.1. The van der Waals surface area contributed by atoms with Crippen molar-refractivity contribution in [3.05, 3.63) is 54.6 Å². The zero-order valence-electron chi connectivity index (χ0n) is 19.3. The predicted octanol–water partition coefficient (Wildman–Crippen LogP) is 4.08. The second kappa shape index (κ2) is 9.27. The number of anilines is 3. The molecule has 0 spiro atoms. The highest BCUT2D eigenvalue weighted by atomic mass is 32.2. The van der Waals surface area contributed by atoms with Gasteiger partial charge in [-0.05, 0) is 62.7 Å². The molecule has 0 aromatic heterocycles. The van der Waals surface area contributed by atoms with Gasteiger partial charge < -0.3 is 15.0 Å². The van der Waals surface area contributed by atoms with Crippen LogP contribution in [0.15, 0.2) is 53.9 Å². The molecule has 0 unspecified atom stereocenters. The number of sulfonamides is 1. The molecule has 0 bridgehead atoms. The molecule has 2 aromatic rings. The molecule has 0 fully saturated rings. The molecule has 2 amide bonds. The van der Waals surface area contributed by atoms with Gasteiger partial charge in [-0.1, -0.05) is 13.0 Å². The molecule has 1 aliphatic rings. The summed E-state index contributed by atoms with van der Waals surface area (Å²) in [6, 6.07) is 9.43. The summed E-state index contributed by atoms with van der Waals surface area (Å²) in [7, 11) is -3.92. The summed E-state index contributed by atoms with van der Waals surface area (Å²) >= 11 is 0. The minimum atomic E-state index is -3.92. The minimum absolute atomic E-state index is 0.0864. The highest BCUT2D eigenvalue weighted by Gasteiger charge is 2.37. The summed E-state index contributed by atoms with van der Waals surface area (Å²) in [6.45, 7) is 11.2. The third-order valence-electron chi connectivity index (χ3n) is 5.30. The monoisotopic (exact) mass is 471 g/mol. The van der Waals surface area contributed by atoms with Gasteiger partial charge in [-0.15, -0.1) is 6.58 Å². The van der Waals surface area contributed by atoms with Crippen molar-refractivity contribution >= 4 is 38.9 Å². The fraction of sp³-hybridized carbons (Fsp3) is 0.333. The van der Waals surface area contributed by atoms with Gasteiger partial charge in [0, 0.05) is 18.7 Å². The largest absolute Gasteiger partial charge is 0.490 e. The summed E-state index contributed by atoms with van der Waals surface area (Å²) < 4.78 is 34.6. The third kappa shape index (κ3) is 5.19. The Bertz CT molecular complexity index is 1200. The first-order chi connectivity index (χ1) is 15.5. The second-order valence-electron chi connectivity index (χ2n) is 8.55. The van der Waals surface area contributed by atoms with Gasteiger partial charge >= 0.3 is 0 Å². The lowest BCUT2D eigenvalue weighted by Gasteiger charge is -2.27. The lowest BCUT2D eigenvalue weighted by Crippen LogP contribution is -2.42. The Morgan fingerprint density at radius 3 is 2.55 bits per heavy atom. The van der Waals surface area contributed by atoms with Crippen LogP contribution in [-0.2, 0) is 19.6 Å². The van der Waals surface area contributed by atoms with Crippen LogP contribution in [0.1, 0.15) is 32.8 Å². The SMILES string of the molecule is C=CCN1C(=O)C(C)(C)COc2ccc(NS(=O)(=O)c3ccc(NC(=O)CC)cc3C)cc21. The van der Waals surface area contributed by atoms with E-state index < -0.39 is 15.4 Å². The first-order valence-electron chi connectivity index (χ1n) is 10.6. The van der Waals surface area contributed by atoms with Gasteiger partial charge in [0.1, 0.15) is 12.4 Å². The first kappa shape index (κ1) is 24.3. The summed E-state index contributed by atoms with van der Waals surface area (Å²) in [4.78, 5) is 26.3. The molecular formula is C24H29N3O5S. The zero-order valence-corrected chi connectivity index (χ0v) is 20.1. The summed E-state index contributed by atoms with van der Waals surface area (Å²) in [5.74, 6) is 0.199. The molecule has 1 heterocycles. The second-order valence-corrected chi connectivity index (χ2v) is 10.2. The molecular weight excluding hydrogens is 442 g/mol. The number of nitrogens with zero attached hydrogens (tertiary/aromatic N) is 1. The summed E-state index contributed by atoms with van der Waals surface area (Å²) in [5, 5.41) is 2.71. The van der Waals surface area contributed by atoms with Gasteiger partial charge in [-0.2, -0.15) is 0 Å².